The first-order valence-corrected chi connectivity index (χ1v) is 6.71. The van der Waals surface area contributed by atoms with Crippen LogP contribution in [0.15, 0.2) is 24.3 Å². The Morgan fingerprint density at radius 1 is 1.42 bits per heavy atom. The summed E-state index contributed by atoms with van der Waals surface area (Å²) in [6.45, 7) is 0.112. The van der Waals surface area contributed by atoms with Gasteiger partial charge < -0.3 is 5.11 Å². The molecule has 1 N–H and O–H groups in total. The Labute approximate surface area is 118 Å². The van der Waals surface area contributed by atoms with Crippen molar-refractivity contribution in [1.82, 2.24) is 4.90 Å². The minimum atomic E-state index is -1.09. The van der Waals surface area contributed by atoms with Crippen molar-refractivity contribution >= 4 is 40.5 Å². The first-order chi connectivity index (χ1) is 8.97. The Morgan fingerprint density at radius 3 is 2.79 bits per heavy atom. The lowest BCUT2D eigenvalue weighted by Crippen LogP contribution is -2.31. The van der Waals surface area contributed by atoms with Crippen LogP contribution in [0.1, 0.15) is 12.0 Å². The van der Waals surface area contributed by atoms with Crippen LogP contribution >= 0.6 is 23.4 Å². The maximum atomic E-state index is 11.9. The van der Waals surface area contributed by atoms with Crippen molar-refractivity contribution in [3.8, 4) is 0 Å². The number of imide groups is 1. The van der Waals surface area contributed by atoms with Gasteiger partial charge in [0.25, 0.3) is 5.24 Å². The number of carboxylic acid groups (broad SMARTS) is 1. The van der Waals surface area contributed by atoms with Gasteiger partial charge in [-0.3, -0.25) is 19.3 Å². The number of benzene rings is 1. The zero-order chi connectivity index (χ0) is 14.0. The average molecular weight is 300 g/mol. The molecule has 0 spiro atoms. The minimum absolute atomic E-state index is 0.112. The van der Waals surface area contributed by atoms with Gasteiger partial charge in [-0.2, -0.15) is 0 Å². The molecule has 1 heterocycles. The molecule has 19 heavy (non-hydrogen) atoms. The SMILES string of the molecule is O=C(O)C[C@H]1SC(=O)N(Cc2cccc(Cl)c2)C1=O. The first kappa shape index (κ1) is 13.9. The Balaban J connectivity index is 2.10. The molecule has 1 fully saturated rings. The summed E-state index contributed by atoms with van der Waals surface area (Å²) in [5.74, 6) is -1.55. The van der Waals surface area contributed by atoms with E-state index in [1.807, 2.05) is 0 Å². The number of nitrogens with zero attached hydrogens (tertiary/aromatic N) is 1. The molecule has 0 aromatic heterocycles. The van der Waals surface area contributed by atoms with Gasteiger partial charge in [-0.25, -0.2) is 0 Å². The number of amides is 2. The number of hydrogen-bond acceptors (Lipinski definition) is 4. The molecule has 2 rings (SSSR count). The number of hydrogen-bond donors (Lipinski definition) is 1. The van der Waals surface area contributed by atoms with Crippen LogP contribution in [-0.2, 0) is 16.1 Å². The van der Waals surface area contributed by atoms with Crippen molar-refractivity contribution in [2.24, 2.45) is 0 Å². The van der Waals surface area contributed by atoms with Crippen LogP contribution in [0.4, 0.5) is 4.79 Å². The van der Waals surface area contributed by atoms with E-state index in [0.717, 1.165) is 22.2 Å². The molecule has 5 nitrogen and oxygen atoms in total. The highest BCUT2D eigenvalue weighted by Crippen LogP contribution is 2.30. The predicted octanol–water partition coefficient (Wildman–Crippen LogP) is 2.38. The molecule has 0 radical (unpaired) electrons. The lowest BCUT2D eigenvalue weighted by Gasteiger charge is -2.13. The smallest absolute Gasteiger partial charge is 0.305 e. The second kappa shape index (κ2) is 5.63. The van der Waals surface area contributed by atoms with Crippen LogP contribution in [0.25, 0.3) is 0 Å². The van der Waals surface area contributed by atoms with Gasteiger partial charge in [0.15, 0.2) is 0 Å². The zero-order valence-electron chi connectivity index (χ0n) is 9.71. The van der Waals surface area contributed by atoms with Crippen LogP contribution in [0.2, 0.25) is 5.02 Å². The van der Waals surface area contributed by atoms with Gasteiger partial charge in [0.2, 0.25) is 5.91 Å². The predicted molar refractivity (Wildman–Crippen MR) is 71.0 cm³/mol. The number of aliphatic carboxylic acids is 1. The second-order valence-electron chi connectivity index (χ2n) is 4.02. The fourth-order valence-corrected chi connectivity index (χ4v) is 2.94. The zero-order valence-corrected chi connectivity index (χ0v) is 11.3. The molecule has 7 heteroatoms. The molecule has 0 saturated carbocycles. The van der Waals surface area contributed by atoms with Crippen molar-refractivity contribution in [3.05, 3.63) is 34.9 Å². The highest BCUT2D eigenvalue weighted by atomic mass is 35.5. The third-order valence-corrected chi connectivity index (χ3v) is 3.90. The van der Waals surface area contributed by atoms with Crippen LogP contribution in [0, 0.1) is 0 Å². The van der Waals surface area contributed by atoms with E-state index >= 15 is 0 Å². The molecule has 1 aliphatic heterocycles. The molecular weight excluding hydrogens is 290 g/mol. The number of halogens is 1. The van der Waals surface area contributed by atoms with E-state index in [2.05, 4.69) is 0 Å². The van der Waals surface area contributed by atoms with E-state index in [4.69, 9.17) is 16.7 Å². The number of carbonyl (C=O) groups is 3. The summed E-state index contributed by atoms with van der Waals surface area (Å²) in [7, 11) is 0. The van der Waals surface area contributed by atoms with Crippen molar-refractivity contribution in [2.75, 3.05) is 0 Å². The second-order valence-corrected chi connectivity index (χ2v) is 5.61. The van der Waals surface area contributed by atoms with E-state index in [0.29, 0.717) is 5.02 Å². The van der Waals surface area contributed by atoms with Crippen LogP contribution < -0.4 is 0 Å². The van der Waals surface area contributed by atoms with Crippen molar-refractivity contribution < 1.29 is 19.5 Å². The Morgan fingerprint density at radius 2 is 2.16 bits per heavy atom. The van der Waals surface area contributed by atoms with Gasteiger partial charge in [0.1, 0.15) is 5.25 Å². The summed E-state index contributed by atoms with van der Waals surface area (Å²) >= 11 is 6.59. The molecule has 100 valence electrons. The monoisotopic (exact) mass is 299 g/mol. The number of carboxylic acids is 1. The summed E-state index contributed by atoms with van der Waals surface area (Å²) < 4.78 is 0. The van der Waals surface area contributed by atoms with Gasteiger partial charge in [-0.05, 0) is 17.7 Å². The van der Waals surface area contributed by atoms with Gasteiger partial charge in [0, 0.05) is 5.02 Å². The van der Waals surface area contributed by atoms with E-state index in [1.165, 1.54) is 0 Å². The van der Waals surface area contributed by atoms with Crippen molar-refractivity contribution in [2.45, 2.75) is 18.2 Å². The molecular formula is C12H10ClNO4S. The molecule has 0 unspecified atom stereocenters. The third-order valence-electron chi connectivity index (χ3n) is 2.59. The normalized spacial score (nSPS) is 19.0. The van der Waals surface area contributed by atoms with Gasteiger partial charge in [-0.15, -0.1) is 0 Å². The highest BCUT2D eigenvalue weighted by Gasteiger charge is 2.40. The maximum absolute atomic E-state index is 11.9. The van der Waals surface area contributed by atoms with Crippen LogP contribution in [-0.4, -0.2) is 32.4 Å². The topological polar surface area (TPSA) is 74.7 Å². The van der Waals surface area contributed by atoms with Gasteiger partial charge in [0.05, 0.1) is 13.0 Å². The molecule has 2 amide bonds. The summed E-state index contributed by atoms with van der Waals surface area (Å²) in [6.07, 6.45) is -0.346. The minimum Gasteiger partial charge on any atom is -0.481 e. The Hall–Kier alpha value is -1.53. The standard InChI is InChI=1S/C12H10ClNO4S/c13-8-3-1-2-7(4-8)6-14-11(17)9(5-10(15)16)19-12(14)18/h1-4,9H,5-6H2,(H,15,16)/t9-/m1/s1. The maximum Gasteiger partial charge on any atom is 0.305 e. The highest BCUT2D eigenvalue weighted by molar-refractivity contribution is 8.15. The van der Waals surface area contributed by atoms with E-state index in [9.17, 15) is 14.4 Å². The van der Waals surface area contributed by atoms with Crippen LogP contribution in [0.5, 0.6) is 0 Å². The Bertz CT molecular complexity index is 548. The molecule has 0 aliphatic carbocycles. The molecule has 1 aromatic rings. The number of rotatable bonds is 4. The van der Waals surface area contributed by atoms with Crippen molar-refractivity contribution in [1.29, 1.82) is 0 Å². The average Bonchev–Trinajstić information content (AvgIpc) is 2.56. The molecule has 1 atom stereocenters. The van der Waals surface area contributed by atoms with Gasteiger partial charge in [-0.1, -0.05) is 35.5 Å². The summed E-state index contributed by atoms with van der Waals surface area (Å²) in [6, 6.07) is 6.84. The summed E-state index contributed by atoms with van der Waals surface area (Å²) in [5, 5.41) is 7.95. The third kappa shape index (κ3) is 3.27. The number of thioether (sulfide) groups is 1. The summed E-state index contributed by atoms with van der Waals surface area (Å²) in [4.78, 5) is 35.3. The molecule has 1 aliphatic rings. The fourth-order valence-electron chi connectivity index (χ4n) is 1.75. The Kier molecular flexibility index (Phi) is 4.11. The molecule has 1 aromatic carbocycles. The van der Waals surface area contributed by atoms with Gasteiger partial charge >= 0.3 is 5.97 Å². The quantitative estimate of drug-likeness (QED) is 0.924. The fraction of sp³-hybridized carbons (Fsp3) is 0.250. The van der Waals surface area contributed by atoms with Crippen molar-refractivity contribution in [3.63, 3.8) is 0 Å². The summed E-state index contributed by atoms with van der Waals surface area (Å²) in [5.41, 5.74) is 0.728. The number of carbonyl (C=O) groups excluding carboxylic acids is 2. The first-order valence-electron chi connectivity index (χ1n) is 5.45. The van der Waals surface area contributed by atoms with E-state index in [1.54, 1.807) is 24.3 Å². The largest absolute Gasteiger partial charge is 0.481 e. The molecule has 1 saturated heterocycles. The molecule has 0 bridgehead atoms. The lowest BCUT2D eigenvalue weighted by atomic mass is 10.2. The van der Waals surface area contributed by atoms with E-state index in [-0.39, 0.29) is 13.0 Å². The lowest BCUT2D eigenvalue weighted by molar-refractivity contribution is -0.139. The van der Waals surface area contributed by atoms with E-state index < -0.39 is 22.4 Å². The van der Waals surface area contributed by atoms with Crippen LogP contribution in [0.3, 0.4) is 0 Å².